The van der Waals surface area contributed by atoms with Crippen LogP contribution in [0.15, 0.2) is 36.4 Å². The average molecular weight is 651 g/mol. The van der Waals surface area contributed by atoms with Crippen LogP contribution in [0.3, 0.4) is 0 Å². The van der Waals surface area contributed by atoms with Gasteiger partial charge < -0.3 is 34.2 Å². The lowest BCUT2D eigenvalue weighted by Crippen LogP contribution is -2.66. The maximum Gasteiger partial charge on any atom is 0.410 e. The van der Waals surface area contributed by atoms with Crippen LogP contribution in [0.25, 0.3) is 0 Å². The molecule has 6 rings (SSSR count). The standard InChI is InChI=1S/C24H27FN4O3.C11H20N2O2/c1-24(2,3)32-23(30)29-12-11-28(19-9-10-20(19)29)21-5-4-6-22(27-21)31-15-17-8-7-16(14-26)13-18(17)25;1-11(2,3)15-10(14)13-7-6-12-8-4-5-9(8)13/h4-8,13,19-20H,9-12,15H2,1-3H3;8-9,12H,4-7H2,1-3H3/t19-,20+;8-,9+/m00/s1. The number of fused-ring (bicyclic) bond motifs is 2. The molecule has 11 nitrogen and oxygen atoms in total. The van der Waals surface area contributed by atoms with Gasteiger partial charge in [0, 0.05) is 43.9 Å². The van der Waals surface area contributed by atoms with E-state index in [2.05, 4.69) is 15.2 Å². The van der Waals surface area contributed by atoms with E-state index < -0.39 is 11.4 Å². The van der Waals surface area contributed by atoms with Gasteiger partial charge in [0.05, 0.1) is 29.8 Å². The molecule has 0 radical (unpaired) electrons. The quantitative estimate of drug-likeness (QED) is 0.450. The van der Waals surface area contributed by atoms with Crippen molar-refractivity contribution >= 4 is 18.0 Å². The van der Waals surface area contributed by atoms with Crippen LogP contribution >= 0.6 is 0 Å². The minimum Gasteiger partial charge on any atom is -0.473 e. The van der Waals surface area contributed by atoms with E-state index in [-0.39, 0.29) is 42.0 Å². The van der Waals surface area contributed by atoms with Crippen LogP contribution in [0.5, 0.6) is 5.88 Å². The molecule has 4 aliphatic rings. The summed E-state index contributed by atoms with van der Waals surface area (Å²) in [5, 5.41) is 12.3. The fourth-order valence-electron chi connectivity index (χ4n) is 6.28. The minimum absolute atomic E-state index is 0.0203. The van der Waals surface area contributed by atoms with Crippen molar-refractivity contribution in [3.63, 3.8) is 0 Å². The molecule has 0 bridgehead atoms. The third-order valence-corrected chi connectivity index (χ3v) is 8.80. The molecule has 0 unspecified atom stereocenters. The van der Waals surface area contributed by atoms with Crippen LogP contribution < -0.4 is 15.0 Å². The Morgan fingerprint density at radius 2 is 1.57 bits per heavy atom. The first-order valence-corrected chi connectivity index (χ1v) is 16.5. The van der Waals surface area contributed by atoms with Gasteiger partial charge in [0.2, 0.25) is 5.88 Å². The lowest BCUT2D eigenvalue weighted by atomic mass is 9.82. The van der Waals surface area contributed by atoms with Crippen LogP contribution in [-0.4, -0.2) is 88.5 Å². The van der Waals surface area contributed by atoms with Crippen molar-refractivity contribution in [1.29, 1.82) is 5.26 Å². The molecule has 2 saturated carbocycles. The molecule has 12 heteroatoms. The Morgan fingerprint density at radius 1 is 0.915 bits per heavy atom. The molecular weight excluding hydrogens is 603 g/mol. The highest BCUT2D eigenvalue weighted by molar-refractivity contribution is 5.70. The second-order valence-corrected chi connectivity index (χ2v) is 14.5. The zero-order valence-electron chi connectivity index (χ0n) is 28.3. The molecule has 0 spiro atoms. The summed E-state index contributed by atoms with van der Waals surface area (Å²) < 4.78 is 30.8. The number of amides is 2. The number of carbonyl (C=O) groups is 2. The van der Waals surface area contributed by atoms with Gasteiger partial charge in [-0.05, 0) is 85.4 Å². The van der Waals surface area contributed by atoms with Gasteiger partial charge in [0.1, 0.15) is 29.4 Å². The van der Waals surface area contributed by atoms with Crippen LogP contribution in [-0.2, 0) is 16.1 Å². The number of halogens is 1. The lowest BCUT2D eigenvalue weighted by Gasteiger charge is -2.53. The van der Waals surface area contributed by atoms with Crippen LogP contribution in [0.1, 0.15) is 78.4 Å². The first-order chi connectivity index (χ1) is 22.2. The van der Waals surface area contributed by atoms with Gasteiger partial charge in [-0.25, -0.2) is 14.0 Å². The Labute approximate surface area is 277 Å². The number of piperazine rings is 2. The molecule has 2 aliphatic carbocycles. The second kappa shape index (κ2) is 13.9. The molecule has 2 aliphatic heterocycles. The molecule has 4 atom stereocenters. The number of pyridine rings is 1. The third kappa shape index (κ3) is 8.44. The number of benzene rings is 1. The molecule has 1 N–H and O–H groups in total. The van der Waals surface area contributed by atoms with Crippen molar-refractivity contribution < 1.29 is 28.2 Å². The number of anilines is 1. The van der Waals surface area contributed by atoms with E-state index in [1.165, 1.54) is 12.5 Å². The smallest absolute Gasteiger partial charge is 0.410 e. The van der Waals surface area contributed by atoms with Crippen LogP contribution in [0.2, 0.25) is 0 Å². The van der Waals surface area contributed by atoms with Crippen molar-refractivity contribution in [1.82, 2.24) is 20.1 Å². The maximum atomic E-state index is 14.1. The molecule has 47 heavy (non-hydrogen) atoms. The highest BCUT2D eigenvalue weighted by atomic mass is 19.1. The lowest BCUT2D eigenvalue weighted by molar-refractivity contribution is -0.0105. The fraction of sp³-hybridized carbons (Fsp3) is 0.600. The molecule has 2 saturated heterocycles. The van der Waals surface area contributed by atoms with E-state index in [1.54, 1.807) is 18.2 Å². The van der Waals surface area contributed by atoms with E-state index in [1.807, 2.05) is 69.5 Å². The van der Waals surface area contributed by atoms with E-state index >= 15 is 0 Å². The average Bonchev–Trinajstić information content (AvgIpc) is 2.96. The first-order valence-electron chi connectivity index (χ1n) is 16.5. The van der Waals surface area contributed by atoms with Gasteiger partial charge in [-0.2, -0.15) is 10.2 Å². The van der Waals surface area contributed by atoms with Crippen LogP contribution in [0.4, 0.5) is 19.8 Å². The molecule has 2 amide bonds. The summed E-state index contributed by atoms with van der Waals surface area (Å²) in [6.45, 7) is 14.3. The maximum absolute atomic E-state index is 14.1. The summed E-state index contributed by atoms with van der Waals surface area (Å²) in [6, 6.07) is 12.9. The van der Waals surface area contributed by atoms with Gasteiger partial charge in [0.15, 0.2) is 0 Å². The number of nitriles is 1. The summed E-state index contributed by atoms with van der Waals surface area (Å²) in [5.74, 6) is 0.703. The Hall–Kier alpha value is -4.11. The molecule has 4 fully saturated rings. The third-order valence-electron chi connectivity index (χ3n) is 8.80. The molecule has 254 valence electrons. The number of ether oxygens (including phenoxy) is 3. The number of nitrogens with zero attached hydrogens (tertiary/aromatic N) is 5. The SMILES string of the molecule is CC(C)(C)OC(=O)N1CCN(c2cccc(OCc3ccc(C#N)cc3F)n2)[C@H]2CC[C@H]21.CC(C)(C)OC(=O)N1CCN[C@H]2CC[C@H]21. The monoisotopic (exact) mass is 650 g/mol. The molecule has 1 aromatic carbocycles. The fourth-order valence-corrected chi connectivity index (χ4v) is 6.28. The van der Waals surface area contributed by atoms with E-state index in [0.717, 1.165) is 38.2 Å². The number of rotatable bonds is 4. The van der Waals surface area contributed by atoms with Gasteiger partial charge in [-0.15, -0.1) is 0 Å². The Balaban J connectivity index is 0.000000241. The summed E-state index contributed by atoms with van der Waals surface area (Å²) in [5.41, 5.74) is -0.274. The number of aromatic nitrogens is 1. The Morgan fingerprint density at radius 3 is 2.15 bits per heavy atom. The van der Waals surface area contributed by atoms with Crippen molar-refractivity contribution in [3.05, 3.63) is 53.3 Å². The highest BCUT2D eigenvalue weighted by Gasteiger charge is 2.46. The topological polar surface area (TPSA) is 120 Å². The summed E-state index contributed by atoms with van der Waals surface area (Å²) in [7, 11) is 0. The number of hydrogen-bond donors (Lipinski definition) is 1. The Kier molecular flexibility index (Phi) is 10.2. The number of carbonyl (C=O) groups excluding carboxylic acids is 2. The minimum atomic E-state index is -0.519. The number of nitrogens with one attached hydrogen (secondary N) is 1. The summed E-state index contributed by atoms with van der Waals surface area (Å²) in [4.78, 5) is 35.0. The molecule has 2 aromatic rings. The van der Waals surface area contributed by atoms with Crippen molar-refractivity contribution in [2.45, 2.75) is 109 Å². The zero-order valence-corrected chi connectivity index (χ0v) is 28.3. The summed E-state index contributed by atoms with van der Waals surface area (Å²) >= 11 is 0. The summed E-state index contributed by atoms with van der Waals surface area (Å²) in [6.07, 6.45) is 3.79. The van der Waals surface area contributed by atoms with Gasteiger partial charge >= 0.3 is 12.2 Å². The van der Waals surface area contributed by atoms with E-state index in [4.69, 9.17) is 19.5 Å². The van der Waals surface area contributed by atoms with Crippen molar-refractivity contribution in [3.8, 4) is 11.9 Å². The highest BCUT2D eigenvalue weighted by Crippen LogP contribution is 2.37. The predicted octanol–water partition coefficient (Wildman–Crippen LogP) is 5.62. The van der Waals surface area contributed by atoms with Crippen LogP contribution in [0, 0.1) is 17.1 Å². The van der Waals surface area contributed by atoms with E-state index in [0.29, 0.717) is 36.6 Å². The number of hydrogen-bond acceptors (Lipinski definition) is 9. The Bertz CT molecular complexity index is 1480. The second-order valence-electron chi connectivity index (χ2n) is 14.5. The predicted molar refractivity (Wildman–Crippen MR) is 175 cm³/mol. The van der Waals surface area contributed by atoms with Crippen molar-refractivity contribution in [2.24, 2.45) is 0 Å². The first kappa shape index (κ1) is 34.2. The van der Waals surface area contributed by atoms with Crippen molar-refractivity contribution in [2.75, 3.05) is 31.1 Å². The molecule has 3 heterocycles. The molecule has 1 aromatic heterocycles. The van der Waals surface area contributed by atoms with Gasteiger partial charge in [-0.1, -0.05) is 12.1 Å². The van der Waals surface area contributed by atoms with E-state index in [9.17, 15) is 14.0 Å². The van der Waals surface area contributed by atoms with Gasteiger partial charge in [0.25, 0.3) is 0 Å². The normalized spacial score (nSPS) is 23.4. The zero-order chi connectivity index (χ0) is 33.9. The van der Waals surface area contributed by atoms with Gasteiger partial charge in [-0.3, -0.25) is 0 Å². The molecular formula is C35H47FN6O5. The largest absolute Gasteiger partial charge is 0.473 e.